The summed E-state index contributed by atoms with van der Waals surface area (Å²) >= 11 is 0. The average molecular weight is 156 g/mol. The molecule has 3 nitrogen and oxygen atoms in total. The van der Waals surface area contributed by atoms with E-state index in [0.717, 1.165) is 12.8 Å². The van der Waals surface area contributed by atoms with Gasteiger partial charge in [0.2, 0.25) is 0 Å². The number of allylic oxidation sites excluding steroid dienone is 1. The highest BCUT2D eigenvalue weighted by atomic mass is 16.5. The van der Waals surface area contributed by atoms with Gasteiger partial charge in [-0.2, -0.15) is 0 Å². The molecule has 1 atom stereocenters. The summed E-state index contributed by atoms with van der Waals surface area (Å²) in [6.45, 7) is 0. The highest BCUT2D eigenvalue weighted by Crippen LogP contribution is 2.13. The van der Waals surface area contributed by atoms with Gasteiger partial charge in [-0.25, -0.2) is 0 Å². The monoisotopic (exact) mass is 156 g/mol. The third-order valence-corrected chi connectivity index (χ3v) is 1.64. The van der Waals surface area contributed by atoms with Crippen molar-refractivity contribution in [3.8, 4) is 0 Å². The summed E-state index contributed by atoms with van der Waals surface area (Å²) in [4.78, 5) is 10.8. The lowest BCUT2D eigenvalue weighted by Crippen LogP contribution is -2.18. The molecule has 1 rings (SSSR count). The van der Waals surface area contributed by atoms with Crippen LogP contribution in [0.4, 0.5) is 0 Å². The smallest absolute Gasteiger partial charge is 0.309 e. The largest absolute Gasteiger partial charge is 0.498 e. The first kappa shape index (κ1) is 8.11. The Labute approximate surface area is 66.0 Å². The van der Waals surface area contributed by atoms with Crippen molar-refractivity contribution >= 4 is 5.97 Å². The van der Waals surface area contributed by atoms with Gasteiger partial charge in [-0.05, 0) is 18.9 Å². The number of ether oxygens (including phenoxy) is 2. The summed E-state index contributed by atoms with van der Waals surface area (Å²) in [5.41, 5.74) is 0. The van der Waals surface area contributed by atoms with Crippen molar-refractivity contribution in [2.24, 2.45) is 0 Å². The molecule has 0 saturated carbocycles. The highest BCUT2D eigenvalue weighted by Gasteiger charge is 2.15. The van der Waals surface area contributed by atoms with Crippen LogP contribution in [0.2, 0.25) is 0 Å². The van der Waals surface area contributed by atoms with Crippen LogP contribution in [0, 0.1) is 0 Å². The van der Waals surface area contributed by atoms with Gasteiger partial charge in [-0.15, -0.1) is 0 Å². The minimum absolute atomic E-state index is 0.0208. The van der Waals surface area contributed by atoms with E-state index in [-0.39, 0.29) is 12.1 Å². The van der Waals surface area contributed by atoms with Crippen molar-refractivity contribution in [3.63, 3.8) is 0 Å². The standard InChI is InChI=1S/C8H12O3/c1-10-8(9)6-7-4-2-3-5-11-7/h3,5,7H,2,4,6H2,1H3. The van der Waals surface area contributed by atoms with Gasteiger partial charge in [0.1, 0.15) is 6.10 Å². The van der Waals surface area contributed by atoms with Crippen molar-refractivity contribution in [1.82, 2.24) is 0 Å². The van der Waals surface area contributed by atoms with Crippen LogP contribution in [-0.4, -0.2) is 19.2 Å². The van der Waals surface area contributed by atoms with E-state index < -0.39 is 0 Å². The second-order valence-electron chi connectivity index (χ2n) is 2.49. The van der Waals surface area contributed by atoms with E-state index in [0.29, 0.717) is 6.42 Å². The molecule has 0 N–H and O–H groups in total. The van der Waals surface area contributed by atoms with E-state index in [9.17, 15) is 4.79 Å². The Morgan fingerprint density at radius 1 is 1.82 bits per heavy atom. The number of carbonyl (C=O) groups excluding carboxylic acids is 1. The topological polar surface area (TPSA) is 35.5 Å². The van der Waals surface area contributed by atoms with Crippen LogP contribution in [0.25, 0.3) is 0 Å². The second kappa shape index (κ2) is 4.01. The molecule has 1 aliphatic heterocycles. The van der Waals surface area contributed by atoms with Gasteiger partial charge >= 0.3 is 5.97 Å². The molecule has 0 radical (unpaired) electrons. The van der Waals surface area contributed by atoms with Crippen molar-refractivity contribution < 1.29 is 14.3 Å². The molecule has 0 spiro atoms. The molecule has 0 bridgehead atoms. The van der Waals surface area contributed by atoms with Crippen molar-refractivity contribution in [2.75, 3.05) is 7.11 Å². The SMILES string of the molecule is COC(=O)CC1CCC=CO1. The molecule has 3 heteroatoms. The van der Waals surface area contributed by atoms with Crippen LogP contribution in [0.3, 0.4) is 0 Å². The Balaban J connectivity index is 2.26. The second-order valence-corrected chi connectivity index (χ2v) is 2.49. The molecule has 1 unspecified atom stereocenters. The van der Waals surface area contributed by atoms with E-state index in [2.05, 4.69) is 4.74 Å². The van der Waals surface area contributed by atoms with E-state index in [1.807, 2.05) is 6.08 Å². The summed E-state index contributed by atoms with van der Waals surface area (Å²) in [6, 6.07) is 0. The quantitative estimate of drug-likeness (QED) is 0.564. The summed E-state index contributed by atoms with van der Waals surface area (Å²) in [6.07, 6.45) is 5.88. The minimum atomic E-state index is -0.203. The molecule has 1 heterocycles. The fourth-order valence-corrected chi connectivity index (χ4v) is 1.00. The molecule has 0 aromatic carbocycles. The molecule has 1 aliphatic rings. The molecule has 0 saturated heterocycles. The maximum atomic E-state index is 10.8. The predicted octanol–water partition coefficient (Wildman–Crippen LogP) is 1.24. The van der Waals surface area contributed by atoms with Gasteiger partial charge in [0, 0.05) is 0 Å². The van der Waals surface area contributed by atoms with Crippen molar-refractivity contribution in [3.05, 3.63) is 12.3 Å². The average Bonchev–Trinajstić information content (AvgIpc) is 2.06. The molecule has 0 aromatic rings. The van der Waals surface area contributed by atoms with Gasteiger partial charge in [0.25, 0.3) is 0 Å². The van der Waals surface area contributed by atoms with Crippen LogP contribution in [-0.2, 0) is 14.3 Å². The third kappa shape index (κ3) is 2.62. The Hall–Kier alpha value is -0.990. The lowest BCUT2D eigenvalue weighted by Gasteiger charge is -2.17. The summed E-state index contributed by atoms with van der Waals surface area (Å²) in [5, 5.41) is 0. The van der Waals surface area contributed by atoms with Crippen molar-refractivity contribution in [1.29, 1.82) is 0 Å². The zero-order valence-corrected chi connectivity index (χ0v) is 6.58. The maximum Gasteiger partial charge on any atom is 0.309 e. The van der Waals surface area contributed by atoms with Crippen LogP contribution < -0.4 is 0 Å². The van der Waals surface area contributed by atoms with E-state index in [1.54, 1.807) is 6.26 Å². The number of hydrogen-bond acceptors (Lipinski definition) is 3. The molecule has 0 aliphatic carbocycles. The molecule has 11 heavy (non-hydrogen) atoms. The molecular weight excluding hydrogens is 144 g/mol. The Bertz CT molecular complexity index is 163. The normalized spacial score (nSPS) is 22.5. The summed E-state index contributed by atoms with van der Waals surface area (Å²) in [5.74, 6) is -0.203. The van der Waals surface area contributed by atoms with Crippen LogP contribution in [0.1, 0.15) is 19.3 Å². The zero-order valence-electron chi connectivity index (χ0n) is 6.58. The van der Waals surface area contributed by atoms with Crippen molar-refractivity contribution in [2.45, 2.75) is 25.4 Å². The first-order valence-electron chi connectivity index (χ1n) is 3.70. The van der Waals surface area contributed by atoms with Gasteiger partial charge in [0.05, 0.1) is 19.8 Å². The molecular formula is C8H12O3. The lowest BCUT2D eigenvalue weighted by atomic mass is 10.1. The summed E-state index contributed by atoms with van der Waals surface area (Å²) < 4.78 is 9.68. The minimum Gasteiger partial charge on any atom is -0.498 e. The number of methoxy groups -OCH3 is 1. The summed E-state index contributed by atoms with van der Waals surface area (Å²) in [7, 11) is 1.39. The fraction of sp³-hybridized carbons (Fsp3) is 0.625. The van der Waals surface area contributed by atoms with E-state index in [4.69, 9.17) is 4.74 Å². The molecule has 62 valence electrons. The fourth-order valence-electron chi connectivity index (χ4n) is 1.00. The van der Waals surface area contributed by atoms with Crippen LogP contribution >= 0.6 is 0 Å². The van der Waals surface area contributed by atoms with Gasteiger partial charge in [0.15, 0.2) is 0 Å². The first-order valence-corrected chi connectivity index (χ1v) is 3.70. The zero-order chi connectivity index (χ0) is 8.10. The molecule has 0 amide bonds. The van der Waals surface area contributed by atoms with E-state index in [1.165, 1.54) is 7.11 Å². The maximum absolute atomic E-state index is 10.8. The molecule has 0 fully saturated rings. The Kier molecular flexibility index (Phi) is 2.95. The lowest BCUT2D eigenvalue weighted by molar-refractivity contribution is -0.143. The number of rotatable bonds is 2. The van der Waals surface area contributed by atoms with Gasteiger partial charge in [-0.1, -0.05) is 0 Å². The van der Waals surface area contributed by atoms with Crippen LogP contribution in [0.15, 0.2) is 12.3 Å². The number of hydrogen-bond donors (Lipinski definition) is 0. The highest BCUT2D eigenvalue weighted by molar-refractivity contribution is 5.69. The Morgan fingerprint density at radius 3 is 3.18 bits per heavy atom. The van der Waals surface area contributed by atoms with Crippen LogP contribution in [0.5, 0.6) is 0 Å². The van der Waals surface area contributed by atoms with E-state index >= 15 is 0 Å². The Morgan fingerprint density at radius 2 is 2.64 bits per heavy atom. The van der Waals surface area contributed by atoms with Gasteiger partial charge < -0.3 is 9.47 Å². The number of esters is 1. The first-order chi connectivity index (χ1) is 5.33. The number of carbonyl (C=O) groups is 1. The predicted molar refractivity (Wildman–Crippen MR) is 39.9 cm³/mol. The van der Waals surface area contributed by atoms with Gasteiger partial charge in [-0.3, -0.25) is 4.79 Å². The third-order valence-electron chi connectivity index (χ3n) is 1.64. The molecule has 0 aromatic heterocycles.